The summed E-state index contributed by atoms with van der Waals surface area (Å²) in [4.78, 5) is 27.4. The number of hydrogen-bond acceptors (Lipinski definition) is 7. The predicted octanol–water partition coefficient (Wildman–Crippen LogP) is 3.04. The average molecular weight is 533 g/mol. The summed E-state index contributed by atoms with van der Waals surface area (Å²) in [7, 11) is 1.76. The molecule has 2 N–H and O–H groups in total. The fraction of sp³-hybridized carbons (Fsp3) is 0.667. The van der Waals surface area contributed by atoms with E-state index < -0.39 is 24.3 Å². The van der Waals surface area contributed by atoms with E-state index in [1.807, 2.05) is 12.3 Å². The maximum Gasteiger partial charge on any atom is 0.490 e. The molecule has 0 aromatic carbocycles. The van der Waals surface area contributed by atoms with E-state index in [1.165, 1.54) is 24.9 Å². The highest BCUT2D eigenvalue weighted by Gasteiger charge is 2.38. The van der Waals surface area contributed by atoms with E-state index in [0.717, 1.165) is 57.7 Å². The molecule has 1 aromatic rings. The van der Waals surface area contributed by atoms with Crippen molar-refractivity contribution in [2.24, 2.45) is 5.92 Å². The average Bonchev–Trinajstić information content (AvgIpc) is 2.97. The molecule has 0 aliphatic carbocycles. The number of carbonyl (C=O) groups is 2. The van der Waals surface area contributed by atoms with Gasteiger partial charge in [-0.1, -0.05) is 6.07 Å². The van der Waals surface area contributed by atoms with Crippen molar-refractivity contribution in [2.75, 3.05) is 58.0 Å². The van der Waals surface area contributed by atoms with Gasteiger partial charge in [0.25, 0.3) is 0 Å². The number of nitrogens with zero attached hydrogens (tertiary/aromatic N) is 3. The summed E-state index contributed by atoms with van der Waals surface area (Å²) < 4.78 is 74.2. The third-order valence-corrected chi connectivity index (χ3v) is 5.15. The van der Waals surface area contributed by atoms with Gasteiger partial charge in [0.15, 0.2) is 0 Å². The van der Waals surface area contributed by atoms with Crippen LogP contribution < -0.4 is 4.90 Å². The summed E-state index contributed by atoms with van der Waals surface area (Å²) in [5, 5.41) is 14.2. The van der Waals surface area contributed by atoms with Crippen LogP contribution in [0.3, 0.4) is 0 Å². The zero-order valence-corrected chi connectivity index (χ0v) is 19.5. The SMILES string of the molecule is COCCN1CCN(CC2CCOCC2)Cc2cccnc21.O=C(O)C(F)(F)F.O=C(O)C(F)(F)F. The minimum absolute atomic E-state index is 0.746. The van der Waals surface area contributed by atoms with Crippen molar-refractivity contribution in [1.29, 1.82) is 0 Å². The van der Waals surface area contributed by atoms with Crippen LogP contribution in [0.25, 0.3) is 0 Å². The van der Waals surface area contributed by atoms with Gasteiger partial charge in [-0.3, -0.25) is 4.90 Å². The molecule has 0 bridgehead atoms. The lowest BCUT2D eigenvalue weighted by atomic mass is 9.99. The number of anilines is 1. The van der Waals surface area contributed by atoms with Crippen molar-refractivity contribution >= 4 is 17.8 Å². The Morgan fingerprint density at radius 2 is 1.64 bits per heavy atom. The summed E-state index contributed by atoms with van der Waals surface area (Å²) in [6, 6.07) is 4.26. The maximum atomic E-state index is 10.6. The highest BCUT2D eigenvalue weighted by atomic mass is 19.4. The van der Waals surface area contributed by atoms with Crippen molar-refractivity contribution in [3.63, 3.8) is 0 Å². The fourth-order valence-corrected chi connectivity index (χ4v) is 3.40. The minimum atomic E-state index is -5.08. The molecule has 1 fully saturated rings. The zero-order valence-electron chi connectivity index (χ0n) is 19.5. The lowest BCUT2D eigenvalue weighted by molar-refractivity contribution is -0.193. The molecule has 36 heavy (non-hydrogen) atoms. The quantitative estimate of drug-likeness (QED) is 0.552. The van der Waals surface area contributed by atoms with Crippen LogP contribution in [0.15, 0.2) is 18.3 Å². The van der Waals surface area contributed by atoms with Gasteiger partial charge in [0.05, 0.1) is 6.61 Å². The fourth-order valence-electron chi connectivity index (χ4n) is 3.40. The first kappa shape index (κ1) is 31.4. The molecule has 2 aliphatic rings. The first-order valence-corrected chi connectivity index (χ1v) is 10.8. The van der Waals surface area contributed by atoms with E-state index in [-0.39, 0.29) is 0 Å². The summed E-state index contributed by atoms with van der Waals surface area (Å²) in [5.74, 6) is -3.60. The van der Waals surface area contributed by atoms with Crippen LogP contribution in [0, 0.1) is 5.92 Å². The molecular formula is C21H29F6N3O6. The third kappa shape index (κ3) is 11.9. The van der Waals surface area contributed by atoms with E-state index >= 15 is 0 Å². The van der Waals surface area contributed by atoms with Gasteiger partial charge in [-0.15, -0.1) is 0 Å². The van der Waals surface area contributed by atoms with Gasteiger partial charge in [-0.25, -0.2) is 14.6 Å². The second kappa shape index (κ2) is 14.8. The summed E-state index contributed by atoms with van der Waals surface area (Å²) in [6.45, 7) is 7.81. The first-order valence-electron chi connectivity index (χ1n) is 10.8. The Bertz CT molecular complexity index is 794. The standard InChI is InChI=1S/C17H27N3O2.2C2HF3O2/c1-21-12-9-20-8-7-19(13-15-4-10-22-11-5-15)14-16-3-2-6-18-17(16)20;2*3-2(4,5)1(6)7/h2-3,6,15H,4-5,7-14H2,1H3;2*(H,6,7). The van der Waals surface area contributed by atoms with Gasteiger partial charge in [0.1, 0.15) is 5.82 Å². The Balaban J connectivity index is 0.000000383. The Morgan fingerprint density at radius 3 is 2.14 bits per heavy atom. The monoisotopic (exact) mass is 533 g/mol. The van der Waals surface area contributed by atoms with E-state index in [2.05, 4.69) is 20.9 Å². The number of alkyl halides is 6. The highest BCUT2D eigenvalue weighted by Crippen LogP contribution is 2.24. The topological polar surface area (TPSA) is 112 Å². The molecule has 1 saturated heterocycles. The molecule has 0 amide bonds. The first-order chi connectivity index (χ1) is 16.8. The van der Waals surface area contributed by atoms with E-state index in [9.17, 15) is 26.3 Å². The molecule has 2 aliphatic heterocycles. The molecule has 3 rings (SSSR count). The van der Waals surface area contributed by atoms with Crippen LogP contribution in [-0.2, 0) is 25.6 Å². The molecule has 0 radical (unpaired) electrons. The lowest BCUT2D eigenvalue weighted by Crippen LogP contribution is -2.36. The number of ether oxygens (including phenoxy) is 2. The number of aliphatic carboxylic acids is 2. The zero-order chi connectivity index (χ0) is 27.4. The van der Waals surface area contributed by atoms with Crippen molar-refractivity contribution < 1.29 is 55.6 Å². The van der Waals surface area contributed by atoms with Crippen molar-refractivity contribution in [3.8, 4) is 0 Å². The van der Waals surface area contributed by atoms with Gasteiger partial charge in [-0.2, -0.15) is 26.3 Å². The maximum absolute atomic E-state index is 10.6. The number of halogens is 6. The number of carboxylic acids is 2. The van der Waals surface area contributed by atoms with Crippen LogP contribution in [0.4, 0.5) is 32.2 Å². The molecule has 9 nitrogen and oxygen atoms in total. The number of aromatic nitrogens is 1. The third-order valence-electron chi connectivity index (χ3n) is 5.15. The number of pyridine rings is 1. The van der Waals surface area contributed by atoms with Crippen molar-refractivity contribution in [1.82, 2.24) is 9.88 Å². The summed E-state index contributed by atoms with van der Waals surface area (Å²) in [6.07, 6.45) is -5.87. The minimum Gasteiger partial charge on any atom is -0.475 e. The van der Waals surface area contributed by atoms with Crippen LogP contribution in [0.2, 0.25) is 0 Å². The van der Waals surface area contributed by atoms with E-state index in [4.69, 9.17) is 29.3 Å². The molecule has 0 spiro atoms. The van der Waals surface area contributed by atoms with Crippen LogP contribution in [0.1, 0.15) is 18.4 Å². The van der Waals surface area contributed by atoms with Crippen LogP contribution in [-0.4, -0.2) is 97.5 Å². The Kier molecular flexibility index (Phi) is 12.9. The molecule has 0 saturated carbocycles. The van der Waals surface area contributed by atoms with Gasteiger partial charge in [-0.05, 0) is 24.8 Å². The molecule has 15 heteroatoms. The van der Waals surface area contributed by atoms with Gasteiger partial charge in [0, 0.05) is 64.8 Å². The Hall–Kier alpha value is -2.65. The molecular weight excluding hydrogens is 504 g/mol. The number of methoxy groups -OCH3 is 1. The normalized spacial score (nSPS) is 17.0. The second-order valence-electron chi connectivity index (χ2n) is 7.86. The molecule has 0 atom stereocenters. The highest BCUT2D eigenvalue weighted by molar-refractivity contribution is 5.73. The molecule has 1 aromatic heterocycles. The Morgan fingerprint density at radius 1 is 1.08 bits per heavy atom. The van der Waals surface area contributed by atoms with E-state index in [1.54, 1.807) is 7.11 Å². The number of rotatable bonds is 5. The van der Waals surface area contributed by atoms with Gasteiger partial charge < -0.3 is 24.6 Å². The smallest absolute Gasteiger partial charge is 0.475 e. The van der Waals surface area contributed by atoms with Gasteiger partial charge in [0.2, 0.25) is 0 Å². The van der Waals surface area contributed by atoms with Crippen LogP contribution in [0.5, 0.6) is 0 Å². The van der Waals surface area contributed by atoms with Gasteiger partial charge >= 0.3 is 24.3 Å². The molecule has 3 heterocycles. The number of carboxylic acid groups (broad SMARTS) is 2. The number of fused-ring (bicyclic) bond motifs is 1. The molecule has 0 unspecified atom stereocenters. The lowest BCUT2D eigenvalue weighted by Gasteiger charge is -2.29. The van der Waals surface area contributed by atoms with Crippen LogP contribution >= 0.6 is 0 Å². The summed E-state index contributed by atoms with van der Waals surface area (Å²) >= 11 is 0. The second-order valence-corrected chi connectivity index (χ2v) is 7.86. The van der Waals surface area contributed by atoms with Crippen molar-refractivity contribution in [2.45, 2.75) is 31.7 Å². The van der Waals surface area contributed by atoms with E-state index in [0.29, 0.717) is 0 Å². The molecule has 206 valence electrons. The predicted molar refractivity (Wildman–Crippen MR) is 115 cm³/mol. The Labute approximate surface area is 203 Å². The number of hydrogen-bond donors (Lipinski definition) is 2. The van der Waals surface area contributed by atoms with Crippen molar-refractivity contribution in [3.05, 3.63) is 23.9 Å². The largest absolute Gasteiger partial charge is 0.490 e. The summed E-state index contributed by atoms with van der Waals surface area (Å²) in [5.41, 5.74) is 1.34.